The maximum atomic E-state index is 12.9. The summed E-state index contributed by atoms with van der Waals surface area (Å²) < 4.78 is 37.7. The van der Waals surface area contributed by atoms with Crippen molar-refractivity contribution in [3.63, 3.8) is 0 Å². The molecule has 2 aromatic heterocycles. The van der Waals surface area contributed by atoms with Gasteiger partial charge in [0.2, 0.25) is 6.43 Å². The Morgan fingerprint density at radius 1 is 1.42 bits per heavy atom. The molecule has 164 valence electrons. The molecule has 0 saturated heterocycles. The summed E-state index contributed by atoms with van der Waals surface area (Å²) in [5, 5.41) is 12.6. The van der Waals surface area contributed by atoms with E-state index in [1.807, 2.05) is 12.1 Å². The molecule has 3 aromatic rings. The van der Waals surface area contributed by atoms with Crippen molar-refractivity contribution in [3.8, 4) is 5.75 Å². The first-order valence-corrected chi connectivity index (χ1v) is 10.1. The van der Waals surface area contributed by atoms with Crippen LogP contribution in [0, 0.1) is 6.92 Å². The normalized spacial score (nSPS) is 17.5. The van der Waals surface area contributed by atoms with Gasteiger partial charge in [-0.15, -0.1) is 0 Å². The first-order chi connectivity index (χ1) is 14.8. The van der Waals surface area contributed by atoms with E-state index in [1.54, 1.807) is 31.3 Å². The summed E-state index contributed by atoms with van der Waals surface area (Å²) in [6.07, 6.45) is -0.0388. The summed E-state index contributed by atoms with van der Waals surface area (Å²) in [5.74, 6) is 0.347. The average Bonchev–Trinajstić information content (AvgIpc) is 3.27. The fraction of sp³-hybridized carbons (Fsp3) is 0.391. The third-order valence-corrected chi connectivity index (χ3v) is 5.63. The van der Waals surface area contributed by atoms with Gasteiger partial charge in [0.25, 0.3) is 5.91 Å². The van der Waals surface area contributed by atoms with Gasteiger partial charge in [-0.25, -0.2) is 8.78 Å². The summed E-state index contributed by atoms with van der Waals surface area (Å²) in [5.41, 5.74) is 1.35. The minimum Gasteiger partial charge on any atom is -0.486 e. The van der Waals surface area contributed by atoms with Crippen molar-refractivity contribution in [2.45, 2.75) is 51.2 Å². The van der Waals surface area contributed by atoms with Gasteiger partial charge < -0.3 is 19.6 Å². The van der Waals surface area contributed by atoms with Gasteiger partial charge in [-0.3, -0.25) is 9.78 Å². The van der Waals surface area contributed by atoms with Crippen LogP contribution in [-0.2, 0) is 6.42 Å². The SMILES string of the molecule is Cc1oc2ccc(OC3CCc4ncccc43)cc2c1C(=O)NC(C)(CO)CC(F)F. The van der Waals surface area contributed by atoms with E-state index in [-0.39, 0.29) is 11.7 Å². The highest BCUT2D eigenvalue weighted by molar-refractivity contribution is 6.07. The maximum Gasteiger partial charge on any atom is 0.255 e. The zero-order valence-corrected chi connectivity index (χ0v) is 17.3. The number of carbonyl (C=O) groups excluding carboxylic acids is 1. The molecular weight excluding hydrogens is 406 g/mol. The number of pyridine rings is 1. The van der Waals surface area contributed by atoms with E-state index >= 15 is 0 Å². The van der Waals surface area contributed by atoms with E-state index in [0.29, 0.717) is 22.5 Å². The van der Waals surface area contributed by atoms with E-state index in [1.165, 1.54) is 6.92 Å². The molecule has 2 N–H and O–H groups in total. The topological polar surface area (TPSA) is 84.6 Å². The summed E-state index contributed by atoms with van der Waals surface area (Å²) >= 11 is 0. The molecule has 0 fully saturated rings. The quantitative estimate of drug-likeness (QED) is 0.583. The first kappa shape index (κ1) is 21.2. The molecule has 0 radical (unpaired) electrons. The third kappa shape index (κ3) is 4.25. The molecule has 2 atom stereocenters. The molecule has 0 spiro atoms. The molecule has 8 heteroatoms. The number of fused-ring (bicyclic) bond motifs is 2. The number of benzene rings is 1. The number of alkyl halides is 2. The van der Waals surface area contributed by atoms with Crippen LogP contribution in [0.2, 0.25) is 0 Å². The number of amides is 1. The summed E-state index contributed by atoms with van der Waals surface area (Å²) in [6, 6.07) is 9.09. The number of carbonyl (C=O) groups is 1. The third-order valence-electron chi connectivity index (χ3n) is 5.63. The number of ether oxygens (including phenoxy) is 1. The van der Waals surface area contributed by atoms with E-state index in [0.717, 1.165) is 24.1 Å². The minimum atomic E-state index is -2.66. The van der Waals surface area contributed by atoms with Gasteiger partial charge in [-0.2, -0.15) is 0 Å². The molecule has 0 saturated carbocycles. The predicted molar refractivity (Wildman–Crippen MR) is 110 cm³/mol. The standard InChI is InChI=1S/C23H24F2N2O4/c1-13-21(22(29)27-23(2,12-28)11-20(24)25)16-10-14(5-7-19(16)30-13)31-18-8-6-17-15(18)4-3-9-26-17/h3-5,7,9-10,18,20,28H,6,8,11-12H2,1-2H3,(H,27,29). The molecule has 1 amide bonds. The number of aromatic nitrogens is 1. The highest BCUT2D eigenvalue weighted by Crippen LogP contribution is 2.36. The minimum absolute atomic E-state index is 0.129. The number of aliphatic hydroxyl groups is 1. The molecule has 1 aliphatic carbocycles. The number of furan rings is 1. The Morgan fingerprint density at radius 3 is 2.97 bits per heavy atom. The molecule has 1 aromatic carbocycles. The number of hydrogen-bond acceptors (Lipinski definition) is 5. The van der Waals surface area contributed by atoms with Crippen molar-refractivity contribution in [2.24, 2.45) is 0 Å². The lowest BCUT2D eigenvalue weighted by molar-refractivity contribution is 0.0586. The van der Waals surface area contributed by atoms with E-state index in [4.69, 9.17) is 9.15 Å². The first-order valence-electron chi connectivity index (χ1n) is 10.1. The molecule has 0 bridgehead atoms. The summed E-state index contributed by atoms with van der Waals surface area (Å²) in [7, 11) is 0. The highest BCUT2D eigenvalue weighted by Gasteiger charge is 2.32. The Balaban J connectivity index is 1.62. The zero-order chi connectivity index (χ0) is 22.2. The second-order valence-corrected chi connectivity index (χ2v) is 8.14. The molecule has 4 rings (SSSR count). The van der Waals surface area contributed by atoms with Crippen LogP contribution in [0.4, 0.5) is 8.78 Å². The van der Waals surface area contributed by atoms with E-state index in [2.05, 4.69) is 10.3 Å². The fourth-order valence-electron chi connectivity index (χ4n) is 4.05. The van der Waals surface area contributed by atoms with Crippen LogP contribution in [0.1, 0.15) is 53.2 Å². The Kier molecular flexibility index (Phi) is 5.66. The predicted octanol–water partition coefficient (Wildman–Crippen LogP) is 4.34. The van der Waals surface area contributed by atoms with Crippen LogP contribution in [0.25, 0.3) is 11.0 Å². The van der Waals surface area contributed by atoms with Crippen molar-refractivity contribution < 1.29 is 27.8 Å². The van der Waals surface area contributed by atoms with Gasteiger partial charge in [-0.05, 0) is 51.0 Å². The molecule has 31 heavy (non-hydrogen) atoms. The van der Waals surface area contributed by atoms with Gasteiger partial charge in [-0.1, -0.05) is 6.07 Å². The number of rotatable bonds is 7. The number of halogens is 2. The zero-order valence-electron chi connectivity index (χ0n) is 17.3. The van der Waals surface area contributed by atoms with Crippen LogP contribution >= 0.6 is 0 Å². The largest absolute Gasteiger partial charge is 0.486 e. The number of aliphatic hydroxyl groups excluding tert-OH is 1. The van der Waals surface area contributed by atoms with Gasteiger partial charge >= 0.3 is 0 Å². The Morgan fingerprint density at radius 2 is 2.23 bits per heavy atom. The molecule has 1 aliphatic rings. The van der Waals surface area contributed by atoms with Crippen molar-refractivity contribution in [3.05, 3.63) is 59.1 Å². The Labute approximate surface area is 178 Å². The van der Waals surface area contributed by atoms with Crippen LogP contribution in [-0.4, -0.2) is 34.6 Å². The number of hydrogen-bond donors (Lipinski definition) is 2. The number of nitrogens with one attached hydrogen (secondary N) is 1. The maximum absolute atomic E-state index is 12.9. The fourth-order valence-corrected chi connectivity index (χ4v) is 4.05. The van der Waals surface area contributed by atoms with Crippen LogP contribution < -0.4 is 10.1 Å². The van der Waals surface area contributed by atoms with Gasteiger partial charge in [0.1, 0.15) is 23.2 Å². The molecule has 2 unspecified atom stereocenters. The number of aryl methyl sites for hydroxylation is 2. The van der Waals surface area contributed by atoms with Crippen LogP contribution in [0.15, 0.2) is 40.9 Å². The summed E-state index contributed by atoms with van der Waals surface area (Å²) in [4.78, 5) is 17.3. The van der Waals surface area contributed by atoms with E-state index < -0.39 is 30.9 Å². The lowest BCUT2D eigenvalue weighted by atomic mass is 9.98. The van der Waals surface area contributed by atoms with Gasteiger partial charge in [0, 0.05) is 29.3 Å². The lowest BCUT2D eigenvalue weighted by Gasteiger charge is -2.28. The molecular formula is C23H24F2N2O4. The lowest BCUT2D eigenvalue weighted by Crippen LogP contribution is -2.50. The van der Waals surface area contributed by atoms with Crippen LogP contribution in [0.3, 0.4) is 0 Å². The van der Waals surface area contributed by atoms with Gasteiger partial charge in [0.15, 0.2) is 0 Å². The van der Waals surface area contributed by atoms with Crippen molar-refractivity contribution in [2.75, 3.05) is 6.61 Å². The second-order valence-electron chi connectivity index (χ2n) is 8.14. The second kappa shape index (κ2) is 8.26. The van der Waals surface area contributed by atoms with Crippen LogP contribution in [0.5, 0.6) is 5.75 Å². The smallest absolute Gasteiger partial charge is 0.255 e. The van der Waals surface area contributed by atoms with E-state index in [9.17, 15) is 18.7 Å². The van der Waals surface area contributed by atoms with Crippen molar-refractivity contribution in [1.29, 1.82) is 0 Å². The number of nitrogens with zero attached hydrogens (tertiary/aromatic N) is 1. The molecule has 2 heterocycles. The Bertz CT molecular complexity index is 1110. The highest BCUT2D eigenvalue weighted by atomic mass is 19.3. The summed E-state index contributed by atoms with van der Waals surface area (Å²) in [6.45, 7) is 2.41. The molecule has 6 nitrogen and oxygen atoms in total. The Hall–Kier alpha value is -3.00. The van der Waals surface area contributed by atoms with Crippen molar-refractivity contribution >= 4 is 16.9 Å². The van der Waals surface area contributed by atoms with Crippen molar-refractivity contribution in [1.82, 2.24) is 10.3 Å². The average molecular weight is 430 g/mol. The molecule has 0 aliphatic heterocycles. The monoisotopic (exact) mass is 430 g/mol. The van der Waals surface area contributed by atoms with Gasteiger partial charge in [0.05, 0.1) is 17.7 Å².